The molecule has 0 aliphatic heterocycles. The molecular formula is C27H19N5. The number of hydrogen-bond acceptors (Lipinski definition) is 3. The highest BCUT2D eigenvalue weighted by atomic mass is 15.3. The van der Waals surface area contributed by atoms with Crippen LogP contribution in [0.3, 0.4) is 0 Å². The van der Waals surface area contributed by atoms with E-state index in [0.29, 0.717) is 0 Å². The van der Waals surface area contributed by atoms with E-state index in [0.717, 1.165) is 45.2 Å². The predicted octanol–water partition coefficient (Wildman–Crippen LogP) is 5.94. The van der Waals surface area contributed by atoms with E-state index in [2.05, 4.69) is 78.9 Å². The van der Waals surface area contributed by atoms with Gasteiger partial charge in [-0.25, -0.2) is 4.98 Å². The normalized spacial score (nSPS) is 11.1. The van der Waals surface area contributed by atoms with Crippen LogP contribution in [0.5, 0.6) is 0 Å². The van der Waals surface area contributed by atoms with Crippen molar-refractivity contribution in [1.29, 1.82) is 0 Å². The van der Waals surface area contributed by atoms with E-state index in [1.807, 2.05) is 60.9 Å². The third-order valence-electron chi connectivity index (χ3n) is 5.57. The first-order chi connectivity index (χ1) is 15.9. The number of fused-ring (bicyclic) bond motifs is 1. The van der Waals surface area contributed by atoms with Crippen LogP contribution in [0.25, 0.3) is 45.2 Å². The molecule has 0 unspecified atom stereocenters. The maximum Gasteiger partial charge on any atom is 0.168 e. The number of para-hydroxylation sites is 3. The second-order valence-corrected chi connectivity index (χ2v) is 7.53. The number of hydrogen-bond donors (Lipinski definition) is 0. The van der Waals surface area contributed by atoms with Crippen molar-refractivity contribution in [3.8, 4) is 34.2 Å². The SMILES string of the molecule is c1ccc(-c2nnc(-c3ccc(-n4cnc5ccccc54)cc3)n2-c2ccccc2)cc1. The minimum atomic E-state index is 0.803. The summed E-state index contributed by atoms with van der Waals surface area (Å²) in [6.07, 6.45) is 1.86. The molecule has 5 nitrogen and oxygen atoms in total. The topological polar surface area (TPSA) is 48.5 Å². The molecule has 4 aromatic carbocycles. The summed E-state index contributed by atoms with van der Waals surface area (Å²) in [7, 11) is 0. The van der Waals surface area contributed by atoms with Gasteiger partial charge in [0, 0.05) is 22.5 Å². The molecule has 0 radical (unpaired) electrons. The fourth-order valence-electron chi connectivity index (χ4n) is 4.00. The van der Waals surface area contributed by atoms with Crippen LogP contribution in [0, 0.1) is 0 Å². The molecule has 0 N–H and O–H groups in total. The van der Waals surface area contributed by atoms with Crippen molar-refractivity contribution in [3.63, 3.8) is 0 Å². The molecule has 6 rings (SSSR count). The van der Waals surface area contributed by atoms with Crippen LogP contribution < -0.4 is 0 Å². The molecule has 0 spiro atoms. The van der Waals surface area contributed by atoms with Crippen LogP contribution in [-0.2, 0) is 0 Å². The zero-order chi connectivity index (χ0) is 21.3. The van der Waals surface area contributed by atoms with Gasteiger partial charge < -0.3 is 0 Å². The Hall–Kier alpha value is -4.51. The first-order valence-corrected chi connectivity index (χ1v) is 10.5. The van der Waals surface area contributed by atoms with Crippen molar-refractivity contribution in [3.05, 3.63) is 116 Å². The van der Waals surface area contributed by atoms with Gasteiger partial charge in [-0.05, 0) is 48.5 Å². The third kappa shape index (κ3) is 3.08. The molecule has 0 atom stereocenters. The fraction of sp³-hybridized carbons (Fsp3) is 0. The molecule has 152 valence electrons. The van der Waals surface area contributed by atoms with E-state index < -0.39 is 0 Å². The summed E-state index contributed by atoms with van der Waals surface area (Å²) in [5, 5.41) is 9.13. The molecule has 0 bridgehead atoms. The first kappa shape index (κ1) is 18.3. The summed E-state index contributed by atoms with van der Waals surface area (Å²) < 4.78 is 4.20. The van der Waals surface area contributed by atoms with Crippen LogP contribution in [0.2, 0.25) is 0 Å². The fourth-order valence-corrected chi connectivity index (χ4v) is 4.00. The molecule has 0 amide bonds. The van der Waals surface area contributed by atoms with Crippen molar-refractivity contribution < 1.29 is 0 Å². The van der Waals surface area contributed by atoms with Gasteiger partial charge in [0.2, 0.25) is 0 Å². The summed E-state index contributed by atoms with van der Waals surface area (Å²) in [6, 6.07) is 36.9. The van der Waals surface area contributed by atoms with Gasteiger partial charge in [-0.3, -0.25) is 9.13 Å². The van der Waals surface area contributed by atoms with E-state index >= 15 is 0 Å². The predicted molar refractivity (Wildman–Crippen MR) is 127 cm³/mol. The number of rotatable bonds is 4. The van der Waals surface area contributed by atoms with Crippen molar-refractivity contribution in [2.45, 2.75) is 0 Å². The largest absolute Gasteiger partial charge is 0.299 e. The lowest BCUT2D eigenvalue weighted by molar-refractivity contribution is 1.07. The molecule has 0 fully saturated rings. The minimum absolute atomic E-state index is 0.803. The molecular weight excluding hydrogens is 394 g/mol. The monoisotopic (exact) mass is 413 g/mol. The van der Waals surface area contributed by atoms with Gasteiger partial charge in [-0.15, -0.1) is 10.2 Å². The van der Waals surface area contributed by atoms with Crippen LogP contribution >= 0.6 is 0 Å². The quantitative estimate of drug-likeness (QED) is 0.359. The molecule has 0 saturated carbocycles. The molecule has 6 aromatic rings. The summed E-state index contributed by atoms with van der Waals surface area (Å²) >= 11 is 0. The van der Waals surface area contributed by atoms with Crippen molar-refractivity contribution in [2.75, 3.05) is 0 Å². The van der Waals surface area contributed by atoms with Crippen LogP contribution in [-0.4, -0.2) is 24.3 Å². The highest BCUT2D eigenvalue weighted by Crippen LogP contribution is 2.29. The molecule has 0 aliphatic carbocycles. The average Bonchev–Trinajstić information content (AvgIpc) is 3.50. The number of imidazole rings is 1. The second kappa shape index (κ2) is 7.63. The molecule has 0 aliphatic rings. The first-order valence-electron chi connectivity index (χ1n) is 10.5. The summed E-state index contributed by atoms with van der Waals surface area (Å²) in [6.45, 7) is 0. The Morgan fingerprint density at radius 1 is 0.500 bits per heavy atom. The van der Waals surface area contributed by atoms with Crippen molar-refractivity contribution in [2.24, 2.45) is 0 Å². The molecule has 32 heavy (non-hydrogen) atoms. The lowest BCUT2D eigenvalue weighted by Crippen LogP contribution is -2.00. The van der Waals surface area contributed by atoms with E-state index in [4.69, 9.17) is 0 Å². The van der Waals surface area contributed by atoms with Gasteiger partial charge in [0.15, 0.2) is 11.6 Å². The van der Waals surface area contributed by atoms with Gasteiger partial charge in [0.1, 0.15) is 6.33 Å². The van der Waals surface area contributed by atoms with Crippen molar-refractivity contribution in [1.82, 2.24) is 24.3 Å². The Morgan fingerprint density at radius 2 is 1.09 bits per heavy atom. The van der Waals surface area contributed by atoms with E-state index in [9.17, 15) is 0 Å². The zero-order valence-electron chi connectivity index (χ0n) is 17.2. The Balaban J connectivity index is 1.47. The Kier molecular flexibility index (Phi) is 4.36. The lowest BCUT2D eigenvalue weighted by atomic mass is 10.1. The average molecular weight is 413 g/mol. The van der Waals surface area contributed by atoms with Crippen molar-refractivity contribution >= 4 is 11.0 Å². The minimum Gasteiger partial charge on any atom is -0.299 e. The number of aromatic nitrogens is 5. The van der Waals surface area contributed by atoms with Gasteiger partial charge in [-0.1, -0.05) is 60.7 Å². The third-order valence-corrected chi connectivity index (χ3v) is 5.57. The molecule has 0 saturated heterocycles. The van der Waals surface area contributed by atoms with Gasteiger partial charge >= 0.3 is 0 Å². The summed E-state index contributed by atoms with van der Waals surface area (Å²) in [5.74, 6) is 1.62. The van der Waals surface area contributed by atoms with Crippen LogP contribution in [0.4, 0.5) is 0 Å². The zero-order valence-corrected chi connectivity index (χ0v) is 17.2. The number of nitrogens with zero attached hydrogens (tertiary/aromatic N) is 5. The Morgan fingerprint density at radius 3 is 1.81 bits per heavy atom. The standard InChI is InChI=1S/C27H19N5/c1-3-9-20(10-4-1)26-29-30-27(32(26)23-11-5-2-6-12-23)21-15-17-22(18-16-21)31-19-28-24-13-7-8-14-25(24)31/h1-19H. The van der Waals surface area contributed by atoms with Gasteiger partial charge in [0.25, 0.3) is 0 Å². The Bertz CT molecular complexity index is 1500. The summed E-state index contributed by atoms with van der Waals surface area (Å²) in [4.78, 5) is 4.50. The second-order valence-electron chi connectivity index (χ2n) is 7.53. The van der Waals surface area contributed by atoms with E-state index in [1.165, 1.54) is 0 Å². The molecule has 2 heterocycles. The maximum absolute atomic E-state index is 4.58. The Labute approximate surface area is 185 Å². The van der Waals surface area contributed by atoms with E-state index in [-0.39, 0.29) is 0 Å². The maximum atomic E-state index is 4.58. The molecule has 5 heteroatoms. The highest BCUT2D eigenvalue weighted by Gasteiger charge is 2.17. The lowest BCUT2D eigenvalue weighted by Gasteiger charge is -2.11. The smallest absolute Gasteiger partial charge is 0.168 e. The van der Waals surface area contributed by atoms with Crippen LogP contribution in [0.15, 0.2) is 116 Å². The number of benzene rings is 4. The van der Waals surface area contributed by atoms with E-state index in [1.54, 1.807) is 0 Å². The summed E-state index contributed by atoms with van der Waals surface area (Å²) in [5.41, 5.74) is 6.16. The van der Waals surface area contributed by atoms with Gasteiger partial charge in [0.05, 0.1) is 11.0 Å². The van der Waals surface area contributed by atoms with Gasteiger partial charge in [-0.2, -0.15) is 0 Å². The highest BCUT2D eigenvalue weighted by molar-refractivity contribution is 5.77. The molecule has 2 aromatic heterocycles. The van der Waals surface area contributed by atoms with Crippen LogP contribution in [0.1, 0.15) is 0 Å².